The van der Waals surface area contributed by atoms with Crippen molar-refractivity contribution >= 4 is 5.97 Å². The van der Waals surface area contributed by atoms with Crippen LogP contribution in [0.1, 0.15) is 13.3 Å². The van der Waals surface area contributed by atoms with Crippen molar-refractivity contribution in [1.82, 2.24) is 0 Å². The second-order valence-corrected chi connectivity index (χ2v) is 3.16. The molecule has 0 amide bonds. The molecule has 1 atom stereocenters. The number of rotatable bonds is 7. The van der Waals surface area contributed by atoms with Gasteiger partial charge in [-0.05, 0) is 12.5 Å². The fourth-order valence-corrected chi connectivity index (χ4v) is 1.07. The number of nitrogens with two attached hydrogens (primary N) is 1. The maximum Gasteiger partial charge on any atom is 0.327 e. The van der Waals surface area contributed by atoms with Gasteiger partial charge in [0.05, 0.1) is 6.61 Å². The number of ether oxygens (including phenoxy) is 1. The van der Waals surface area contributed by atoms with Gasteiger partial charge in [0.25, 0.3) is 0 Å². The van der Waals surface area contributed by atoms with Crippen LogP contribution >= 0.6 is 0 Å². The van der Waals surface area contributed by atoms with Crippen LogP contribution in [0.2, 0.25) is 0 Å². The summed E-state index contributed by atoms with van der Waals surface area (Å²) in [6.07, 6.45) is 2.76. The summed E-state index contributed by atoms with van der Waals surface area (Å²) in [5.41, 5.74) is 5.90. The van der Waals surface area contributed by atoms with Crippen molar-refractivity contribution in [2.75, 3.05) is 6.61 Å². The zero-order chi connectivity index (χ0) is 13.3. The maximum absolute atomic E-state index is 12.1. The molecular weight excluding hydrogens is 228 g/mol. The van der Waals surface area contributed by atoms with Gasteiger partial charge in [-0.2, -0.15) is 0 Å². The molecule has 0 heterocycles. The van der Waals surface area contributed by atoms with Gasteiger partial charge >= 0.3 is 5.97 Å². The molecule has 1 unspecified atom stereocenters. The summed E-state index contributed by atoms with van der Waals surface area (Å²) in [5, 5.41) is 0. The van der Waals surface area contributed by atoms with Crippen LogP contribution in [0, 0.1) is 0 Å². The summed E-state index contributed by atoms with van der Waals surface area (Å²) in [6, 6.07) is -1.05. The lowest BCUT2D eigenvalue weighted by Crippen LogP contribution is -2.33. The first-order valence-electron chi connectivity index (χ1n) is 5.22. The molecular formula is C12H17F2NO2. The number of halogens is 2. The Kier molecular flexibility index (Phi) is 7.88. The molecule has 96 valence electrons. The highest BCUT2D eigenvalue weighted by atomic mass is 19.3. The van der Waals surface area contributed by atoms with Crippen molar-refractivity contribution in [3.63, 3.8) is 0 Å². The second kappa shape index (κ2) is 8.64. The zero-order valence-electron chi connectivity index (χ0n) is 9.74. The topological polar surface area (TPSA) is 52.3 Å². The summed E-state index contributed by atoms with van der Waals surface area (Å²) < 4.78 is 28.9. The third-order valence-corrected chi connectivity index (χ3v) is 1.86. The smallest absolute Gasteiger partial charge is 0.327 e. The fourth-order valence-electron chi connectivity index (χ4n) is 1.07. The normalized spacial score (nSPS) is 14.1. The number of allylic oxidation sites excluding steroid dienone is 3. The van der Waals surface area contributed by atoms with Gasteiger partial charge in [-0.1, -0.05) is 30.9 Å². The van der Waals surface area contributed by atoms with Crippen molar-refractivity contribution in [1.29, 1.82) is 0 Å². The Morgan fingerprint density at radius 2 is 2.18 bits per heavy atom. The van der Waals surface area contributed by atoms with Crippen LogP contribution in [0.3, 0.4) is 0 Å². The quantitative estimate of drug-likeness (QED) is 0.552. The zero-order valence-corrected chi connectivity index (χ0v) is 9.74. The lowest BCUT2D eigenvalue weighted by atomic mass is 10.1. The van der Waals surface area contributed by atoms with E-state index in [-0.39, 0.29) is 6.61 Å². The van der Waals surface area contributed by atoms with E-state index in [1.165, 1.54) is 24.3 Å². The average Bonchev–Trinajstić information content (AvgIpc) is 2.28. The van der Waals surface area contributed by atoms with Gasteiger partial charge < -0.3 is 10.5 Å². The van der Waals surface area contributed by atoms with Gasteiger partial charge in [0, 0.05) is 6.42 Å². The van der Waals surface area contributed by atoms with Gasteiger partial charge in [0.15, 0.2) is 0 Å². The minimum absolute atomic E-state index is 0.194. The minimum Gasteiger partial charge on any atom is -0.465 e. The Morgan fingerprint density at radius 1 is 1.53 bits per heavy atom. The molecule has 5 heteroatoms. The molecule has 0 spiro atoms. The Morgan fingerprint density at radius 3 is 2.65 bits per heavy atom. The summed E-state index contributed by atoms with van der Waals surface area (Å²) in [4.78, 5) is 11.4. The first-order chi connectivity index (χ1) is 8.02. The second-order valence-electron chi connectivity index (χ2n) is 3.16. The van der Waals surface area contributed by atoms with E-state index < -0.39 is 24.9 Å². The SMILES string of the molecule is C=CC=CC(=CCC(F)F)C(N)C(=O)OCC. The minimum atomic E-state index is -2.48. The molecule has 17 heavy (non-hydrogen) atoms. The third kappa shape index (κ3) is 6.63. The predicted octanol–water partition coefficient (Wildman–Crippen LogP) is 2.20. The molecule has 0 aromatic rings. The molecule has 0 aliphatic carbocycles. The van der Waals surface area contributed by atoms with Crippen LogP contribution < -0.4 is 5.73 Å². The molecule has 0 aromatic carbocycles. The molecule has 0 saturated carbocycles. The first kappa shape index (κ1) is 15.5. The molecule has 3 nitrogen and oxygen atoms in total. The number of hydrogen-bond acceptors (Lipinski definition) is 3. The first-order valence-corrected chi connectivity index (χ1v) is 5.22. The highest BCUT2D eigenvalue weighted by molar-refractivity contribution is 5.80. The van der Waals surface area contributed by atoms with Crippen molar-refractivity contribution in [2.45, 2.75) is 25.8 Å². The van der Waals surface area contributed by atoms with E-state index in [0.29, 0.717) is 5.57 Å². The van der Waals surface area contributed by atoms with Crippen LogP contribution in [-0.4, -0.2) is 25.0 Å². The number of carbonyl (C=O) groups is 1. The van der Waals surface area contributed by atoms with Crippen LogP contribution in [0.4, 0.5) is 8.78 Å². The molecule has 0 radical (unpaired) electrons. The van der Waals surface area contributed by atoms with E-state index in [2.05, 4.69) is 6.58 Å². The van der Waals surface area contributed by atoms with E-state index in [9.17, 15) is 13.6 Å². The van der Waals surface area contributed by atoms with E-state index >= 15 is 0 Å². The van der Waals surface area contributed by atoms with E-state index in [1.54, 1.807) is 6.92 Å². The molecule has 0 saturated heterocycles. The van der Waals surface area contributed by atoms with Crippen molar-refractivity contribution < 1.29 is 18.3 Å². The van der Waals surface area contributed by atoms with Gasteiger partial charge in [-0.25, -0.2) is 13.6 Å². The summed E-state index contributed by atoms with van der Waals surface area (Å²) in [6.45, 7) is 5.29. The number of alkyl halides is 2. The summed E-state index contributed by atoms with van der Waals surface area (Å²) in [5.74, 6) is -0.637. The molecule has 2 N–H and O–H groups in total. The van der Waals surface area contributed by atoms with Crippen molar-refractivity contribution in [3.05, 3.63) is 36.5 Å². The van der Waals surface area contributed by atoms with E-state index in [4.69, 9.17) is 10.5 Å². The molecule has 0 aromatic heterocycles. The van der Waals surface area contributed by atoms with Crippen LogP contribution in [0.15, 0.2) is 36.5 Å². The van der Waals surface area contributed by atoms with Gasteiger partial charge in [0.1, 0.15) is 6.04 Å². The monoisotopic (exact) mass is 245 g/mol. The maximum atomic E-state index is 12.1. The molecule has 0 aliphatic heterocycles. The van der Waals surface area contributed by atoms with Crippen molar-refractivity contribution in [3.8, 4) is 0 Å². The van der Waals surface area contributed by atoms with Gasteiger partial charge in [0.2, 0.25) is 6.43 Å². The Labute approximate surface area is 99.6 Å². The number of hydrogen-bond donors (Lipinski definition) is 1. The highest BCUT2D eigenvalue weighted by Gasteiger charge is 2.17. The summed E-state index contributed by atoms with van der Waals surface area (Å²) in [7, 11) is 0. The molecule has 0 aliphatic rings. The standard InChI is InChI=1S/C12H17F2NO2/c1-3-5-6-9(7-8-10(13)14)11(15)12(16)17-4-2/h3,5-7,10-11H,1,4,8,15H2,2H3. The van der Waals surface area contributed by atoms with E-state index in [0.717, 1.165) is 0 Å². The number of esters is 1. The van der Waals surface area contributed by atoms with Gasteiger partial charge in [-0.15, -0.1) is 0 Å². The molecule has 0 fully saturated rings. The third-order valence-electron chi connectivity index (χ3n) is 1.86. The fraction of sp³-hybridized carbons (Fsp3) is 0.417. The largest absolute Gasteiger partial charge is 0.465 e. The van der Waals surface area contributed by atoms with Gasteiger partial charge in [-0.3, -0.25) is 0 Å². The van der Waals surface area contributed by atoms with Crippen LogP contribution in [0.5, 0.6) is 0 Å². The summed E-state index contributed by atoms with van der Waals surface area (Å²) >= 11 is 0. The number of carbonyl (C=O) groups excluding carboxylic acids is 1. The van der Waals surface area contributed by atoms with Crippen molar-refractivity contribution in [2.24, 2.45) is 5.73 Å². The predicted molar refractivity (Wildman–Crippen MR) is 62.6 cm³/mol. The molecule has 0 bridgehead atoms. The lowest BCUT2D eigenvalue weighted by Gasteiger charge is -2.11. The Bertz CT molecular complexity index is 312. The van der Waals surface area contributed by atoms with E-state index in [1.807, 2.05) is 0 Å². The molecule has 0 rings (SSSR count). The Balaban J connectivity index is 4.77. The van der Waals surface area contributed by atoms with Crippen LogP contribution in [0.25, 0.3) is 0 Å². The average molecular weight is 245 g/mol. The Hall–Kier alpha value is -1.49. The lowest BCUT2D eigenvalue weighted by molar-refractivity contribution is -0.143. The van der Waals surface area contributed by atoms with Crippen LogP contribution in [-0.2, 0) is 9.53 Å². The highest BCUT2D eigenvalue weighted by Crippen LogP contribution is 2.10.